The van der Waals surface area contributed by atoms with E-state index >= 15 is 0 Å². The molecule has 0 aliphatic carbocycles. The van der Waals surface area contributed by atoms with Crippen LogP contribution >= 0.6 is 0 Å². The Morgan fingerprint density at radius 3 is 1.82 bits per heavy atom. The molecule has 4 aromatic carbocycles. The number of carbonyl (C=O) groups is 3. The SMILES string of the molecule is COC(=O)COc1ccccc1OC(C)Oc1cc(C2c3cc(F)c(O)cc3Oc3cc(O)c(F)cc32)ccc1N(CC(=O)OC)CC(=O)OC. The topological polar surface area (TPSA) is 160 Å². The maximum Gasteiger partial charge on any atom is 0.343 e. The Morgan fingerprint density at radius 2 is 1.27 bits per heavy atom. The molecule has 268 valence electrons. The number of nitrogens with zero attached hydrogens (tertiary/aromatic N) is 1. The van der Waals surface area contributed by atoms with Gasteiger partial charge >= 0.3 is 17.9 Å². The minimum atomic E-state index is -1.10. The number of para-hydroxylation sites is 2. The van der Waals surface area contributed by atoms with Crippen LogP contribution in [0, 0.1) is 11.6 Å². The largest absolute Gasteiger partial charge is 0.505 e. The monoisotopic (exact) mass is 709 g/mol. The van der Waals surface area contributed by atoms with Crippen molar-refractivity contribution in [2.75, 3.05) is 45.9 Å². The molecule has 2 N–H and O–H groups in total. The highest BCUT2D eigenvalue weighted by atomic mass is 19.1. The third kappa shape index (κ3) is 8.15. The summed E-state index contributed by atoms with van der Waals surface area (Å²) in [6.07, 6.45) is -1.10. The Kier molecular flexibility index (Phi) is 11.0. The van der Waals surface area contributed by atoms with Crippen molar-refractivity contribution in [3.05, 3.63) is 95.1 Å². The number of rotatable bonds is 13. The first-order chi connectivity index (χ1) is 24.4. The molecule has 1 heterocycles. The lowest BCUT2D eigenvalue weighted by Crippen LogP contribution is -2.36. The normalized spacial score (nSPS) is 12.4. The summed E-state index contributed by atoms with van der Waals surface area (Å²) in [6, 6.07) is 15.4. The minimum absolute atomic E-state index is 0.0437. The van der Waals surface area contributed by atoms with Crippen molar-refractivity contribution in [3.63, 3.8) is 0 Å². The van der Waals surface area contributed by atoms with E-state index in [0.29, 0.717) is 5.56 Å². The maximum absolute atomic E-state index is 14.8. The van der Waals surface area contributed by atoms with Gasteiger partial charge in [0.1, 0.15) is 30.3 Å². The fourth-order valence-corrected chi connectivity index (χ4v) is 5.37. The zero-order chi connectivity index (χ0) is 36.8. The van der Waals surface area contributed by atoms with Crippen molar-refractivity contribution in [2.24, 2.45) is 0 Å². The van der Waals surface area contributed by atoms with Gasteiger partial charge in [-0.25, -0.2) is 13.6 Å². The highest BCUT2D eigenvalue weighted by Gasteiger charge is 2.33. The van der Waals surface area contributed by atoms with Crippen LogP contribution in [-0.2, 0) is 28.6 Å². The van der Waals surface area contributed by atoms with E-state index in [0.717, 1.165) is 24.3 Å². The van der Waals surface area contributed by atoms with Crippen LogP contribution in [0.1, 0.15) is 29.5 Å². The van der Waals surface area contributed by atoms with E-state index in [2.05, 4.69) is 4.74 Å². The summed E-state index contributed by atoms with van der Waals surface area (Å²) >= 11 is 0. The number of aromatic hydroxyl groups is 2. The number of esters is 3. The summed E-state index contributed by atoms with van der Waals surface area (Å²) in [5.74, 6) is -5.70. The van der Waals surface area contributed by atoms with Crippen molar-refractivity contribution in [1.82, 2.24) is 0 Å². The van der Waals surface area contributed by atoms with Gasteiger partial charge in [-0.2, -0.15) is 0 Å². The number of fused-ring (bicyclic) bond motifs is 2. The standard InChI is InChI=1S/C36H33F2NO12/c1-19(49-29-8-6-5-7-28(29)48-18-35(44)47-4)50-32-11-20(9-10-25(32)39(16-33(42)45-2)17-34(43)46-3)36-21-12-23(37)26(40)14-30(21)51-31-15-27(41)24(38)13-22(31)36/h5-15,19,36,40-41H,16-18H2,1-4H3. The molecule has 5 rings (SSSR count). The summed E-state index contributed by atoms with van der Waals surface area (Å²) in [7, 11) is 3.59. The molecule has 13 nitrogen and oxygen atoms in total. The van der Waals surface area contributed by atoms with Crippen LogP contribution in [0.15, 0.2) is 66.7 Å². The van der Waals surface area contributed by atoms with E-state index in [1.807, 2.05) is 0 Å². The summed E-state index contributed by atoms with van der Waals surface area (Å²) in [5.41, 5.74) is 1.02. The molecule has 1 aliphatic heterocycles. The van der Waals surface area contributed by atoms with Crippen LogP contribution in [0.25, 0.3) is 0 Å². The second-order valence-corrected chi connectivity index (χ2v) is 11.1. The van der Waals surface area contributed by atoms with Gasteiger partial charge < -0.3 is 48.3 Å². The molecule has 0 saturated heterocycles. The summed E-state index contributed by atoms with van der Waals surface area (Å²) in [4.78, 5) is 38.0. The number of anilines is 1. The summed E-state index contributed by atoms with van der Waals surface area (Å²) in [5, 5.41) is 20.2. The number of hydrogen-bond donors (Lipinski definition) is 2. The first kappa shape index (κ1) is 36.0. The zero-order valence-electron chi connectivity index (χ0n) is 27.8. The molecule has 0 radical (unpaired) electrons. The van der Waals surface area contributed by atoms with Gasteiger partial charge in [-0.15, -0.1) is 0 Å². The van der Waals surface area contributed by atoms with Crippen molar-refractivity contribution in [1.29, 1.82) is 0 Å². The maximum atomic E-state index is 14.8. The second-order valence-electron chi connectivity index (χ2n) is 11.1. The van der Waals surface area contributed by atoms with E-state index in [-0.39, 0.29) is 52.2 Å². The Bertz CT molecular complexity index is 1880. The van der Waals surface area contributed by atoms with E-state index in [9.17, 15) is 33.4 Å². The molecular formula is C36H33F2NO12. The number of benzene rings is 4. The lowest BCUT2D eigenvalue weighted by atomic mass is 9.82. The molecule has 0 bridgehead atoms. The molecule has 0 fully saturated rings. The first-order valence-electron chi connectivity index (χ1n) is 15.3. The first-order valence-corrected chi connectivity index (χ1v) is 15.3. The fourth-order valence-electron chi connectivity index (χ4n) is 5.37. The van der Waals surface area contributed by atoms with Gasteiger partial charge in [-0.05, 0) is 42.0 Å². The molecular weight excluding hydrogens is 676 g/mol. The van der Waals surface area contributed by atoms with E-state index < -0.39 is 66.3 Å². The van der Waals surface area contributed by atoms with E-state index in [1.165, 1.54) is 38.4 Å². The zero-order valence-corrected chi connectivity index (χ0v) is 27.8. The Morgan fingerprint density at radius 1 is 0.745 bits per heavy atom. The van der Waals surface area contributed by atoms with Gasteiger partial charge in [0.25, 0.3) is 0 Å². The number of carbonyl (C=O) groups excluding carboxylic acids is 3. The number of methoxy groups -OCH3 is 3. The second kappa shape index (κ2) is 15.5. The predicted molar refractivity (Wildman–Crippen MR) is 175 cm³/mol. The molecule has 51 heavy (non-hydrogen) atoms. The quantitative estimate of drug-likeness (QED) is 0.0938. The summed E-state index contributed by atoms with van der Waals surface area (Å²) < 4.78 is 67.6. The van der Waals surface area contributed by atoms with Crippen LogP contribution in [0.3, 0.4) is 0 Å². The molecule has 0 aromatic heterocycles. The fraction of sp³-hybridized carbons (Fsp3) is 0.250. The lowest BCUT2D eigenvalue weighted by Gasteiger charge is -2.31. The van der Waals surface area contributed by atoms with Crippen LogP contribution in [-0.4, -0.2) is 75.4 Å². The van der Waals surface area contributed by atoms with Gasteiger partial charge in [0, 0.05) is 36.1 Å². The third-order valence-electron chi connectivity index (χ3n) is 7.76. The van der Waals surface area contributed by atoms with Gasteiger partial charge in [0.05, 0.1) is 27.0 Å². The third-order valence-corrected chi connectivity index (χ3v) is 7.76. The Hall–Kier alpha value is -6.25. The van der Waals surface area contributed by atoms with Crippen molar-refractivity contribution in [2.45, 2.75) is 19.1 Å². The van der Waals surface area contributed by atoms with Crippen molar-refractivity contribution < 1.29 is 66.5 Å². The van der Waals surface area contributed by atoms with Gasteiger partial charge in [-0.3, -0.25) is 9.59 Å². The van der Waals surface area contributed by atoms with Crippen LogP contribution < -0.4 is 23.8 Å². The molecule has 0 spiro atoms. The van der Waals surface area contributed by atoms with Gasteiger partial charge in [0.2, 0.25) is 6.29 Å². The van der Waals surface area contributed by atoms with Crippen LogP contribution in [0.2, 0.25) is 0 Å². The van der Waals surface area contributed by atoms with Gasteiger partial charge in [0.15, 0.2) is 41.2 Å². The number of phenols is 2. The molecule has 1 atom stereocenters. The molecule has 4 aromatic rings. The van der Waals surface area contributed by atoms with Crippen LogP contribution in [0.5, 0.6) is 40.2 Å². The smallest absolute Gasteiger partial charge is 0.343 e. The molecule has 1 unspecified atom stereocenters. The molecule has 1 aliphatic rings. The molecule has 0 amide bonds. The predicted octanol–water partition coefficient (Wildman–Crippen LogP) is 5.17. The molecule has 0 saturated carbocycles. The number of ether oxygens (including phenoxy) is 7. The van der Waals surface area contributed by atoms with Crippen molar-refractivity contribution >= 4 is 23.6 Å². The van der Waals surface area contributed by atoms with Crippen molar-refractivity contribution in [3.8, 4) is 40.2 Å². The highest BCUT2D eigenvalue weighted by Crippen LogP contribution is 2.51. The number of halogens is 2. The highest BCUT2D eigenvalue weighted by molar-refractivity contribution is 5.83. The number of hydrogen-bond acceptors (Lipinski definition) is 13. The lowest BCUT2D eigenvalue weighted by molar-refractivity contribution is -0.143. The minimum Gasteiger partial charge on any atom is -0.505 e. The van der Waals surface area contributed by atoms with Crippen LogP contribution in [0.4, 0.5) is 14.5 Å². The van der Waals surface area contributed by atoms with E-state index in [1.54, 1.807) is 37.3 Å². The van der Waals surface area contributed by atoms with E-state index in [4.69, 9.17) is 28.4 Å². The molecule has 15 heteroatoms. The summed E-state index contributed by atoms with van der Waals surface area (Å²) in [6.45, 7) is 0.351. The average Bonchev–Trinajstić information content (AvgIpc) is 3.11. The van der Waals surface area contributed by atoms with Gasteiger partial charge in [-0.1, -0.05) is 18.2 Å². The Labute approximate surface area is 290 Å². The Balaban J connectivity index is 1.62. The average molecular weight is 710 g/mol. The number of phenolic OH excluding ortho intramolecular Hbond substituents is 2.